The van der Waals surface area contributed by atoms with Crippen molar-refractivity contribution in [2.45, 2.75) is 37.1 Å². The molecule has 6 nitrogen and oxygen atoms in total. The molecule has 1 N–H and O–H groups in total. The van der Waals surface area contributed by atoms with Gasteiger partial charge in [-0.3, -0.25) is 14.9 Å². The average molecular weight is 313 g/mol. The van der Waals surface area contributed by atoms with Crippen molar-refractivity contribution < 1.29 is 14.5 Å². The van der Waals surface area contributed by atoms with Gasteiger partial charge in [0.2, 0.25) is 0 Å². The van der Waals surface area contributed by atoms with Gasteiger partial charge < -0.3 is 10.1 Å². The molecule has 1 amide bonds. The molecule has 0 atom stereocenters. The highest BCUT2D eigenvalue weighted by atomic mass is 35.5. The van der Waals surface area contributed by atoms with Crippen LogP contribution in [0.4, 0.5) is 5.69 Å². The zero-order valence-electron chi connectivity index (χ0n) is 11.7. The van der Waals surface area contributed by atoms with Crippen LogP contribution in [0.1, 0.15) is 36.0 Å². The van der Waals surface area contributed by atoms with E-state index in [1.807, 2.05) is 0 Å². The standard InChI is InChI=1S/C14H17ClN2O4/c1-21-13-7-2-9(8-12(13)17(19)20)14(18)16-11-5-3-10(15)4-6-11/h2,7-8,10-11H,3-6H2,1H3,(H,16,18). The minimum atomic E-state index is -0.561. The number of methoxy groups -OCH3 is 1. The fraction of sp³-hybridized carbons (Fsp3) is 0.500. The molecule has 0 unspecified atom stereocenters. The smallest absolute Gasteiger partial charge is 0.311 e. The summed E-state index contributed by atoms with van der Waals surface area (Å²) in [6, 6.07) is 4.27. The summed E-state index contributed by atoms with van der Waals surface area (Å²) < 4.78 is 4.92. The molecule has 1 aromatic rings. The molecule has 1 aliphatic rings. The number of nitro benzene ring substituents is 1. The van der Waals surface area contributed by atoms with E-state index in [9.17, 15) is 14.9 Å². The number of amides is 1. The Morgan fingerprint density at radius 2 is 2.05 bits per heavy atom. The Balaban J connectivity index is 2.09. The maximum atomic E-state index is 12.2. The first-order chi connectivity index (χ1) is 10.0. The normalized spacial score (nSPS) is 21.6. The second kappa shape index (κ2) is 6.76. The summed E-state index contributed by atoms with van der Waals surface area (Å²) in [5.41, 5.74) is 0.0464. The quantitative estimate of drug-likeness (QED) is 0.526. The molecule has 0 spiro atoms. The van der Waals surface area contributed by atoms with Gasteiger partial charge in [0.1, 0.15) is 0 Å². The zero-order valence-corrected chi connectivity index (χ0v) is 12.4. The lowest BCUT2D eigenvalue weighted by molar-refractivity contribution is -0.385. The topological polar surface area (TPSA) is 81.5 Å². The zero-order chi connectivity index (χ0) is 15.4. The van der Waals surface area contributed by atoms with Crippen LogP contribution in [-0.4, -0.2) is 29.4 Å². The Morgan fingerprint density at radius 1 is 1.38 bits per heavy atom. The maximum absolute atomic E-state index is 12.2. The molecule has 114 valence electrons. The van der Waals surface area contributed by atoms with Crippen molar-refractivity contribution in [3.8, 4) is 5.75 Å². The third kappa shape index (κ3) is 3.85. The summed E-state index contributed by atoms with van der Waals surface area (Å²) in [7, 11) is 1.35. The van der Waals surface area contributed by atoms with Crippen LogP contribution in [0.15, 0.2) is 18.2 Å². The molecule has 1 aromatic carbocycles. The van der Waals surface area contributed by atoms with Crippen LogP contribution in [0.5, 0.6) is 5.75 Å². The Hall–Kier alpha value is -1.82. The van der Waals surface area contributed by atoms with Gasteiger partial charge in [0.25, 0.3) is 5.91 Å². The highest BCUT2D eigenvalue weighted by molar-refractivity contribution is 6.20. The largest absolute Gasteiger partial charge is 0.490 e. The first kappa shape index (κ1) is 15.6. The average Bonchev–Trinajstić information content (AvgIpc) is 2.48. The molecular weight excluding hydrogens is 296 g/mol. The molecule has 0 bridgehead atoms. The molecule has 0 radical (unpaired) electrons. The van der Waals surface area contributed by atoms with E-state index in [0.717, 1.165) is 25.7 Å². The van der Waals surface area contributed by atoms with Crippen molar-refractivity contribution in [1.29, 1.82) is 0 Å². The number of carbonyl (C=O) groups is 1. The van der Waals surface area contributed by atoms with E-state index >= 15 is 0 Å². The highest BCUT2D eigenvalue weighted by Crippen LogP contribution is 2.28. The van der Waals surface area contributed by atoms with Gasteiger partial charge in [0.05, 0.1) is 12.0 Å². The molecule has 21 heavy (non-hydrogen) atoms. The molecule has 1 fully saturated rings. The van der Waals surface area contributed by atoms with Crippen LogP contribution in [0.2, 0.25) is 0 Å². The van der Waals surface area contributed by atoms with Gasteiger partial charge in [-0.2, -0.15) is 0 Å². The number of alkyl halides is 1. The number of halogens is 1. The fourth-order valence-corrected chi connectivity index (χ4v) is 2.69. The van der Waals surface area contributed by atoms with Crippen molar-refractivity contribution in [2.24, 2.45) is 0 Å². The van der Waals surface area contributed by atoms with E-state index in [-0.39, 0.29) is 34.3 Å². The third-order valence-electron chi connectivity index (χ3n) is 3.63. The van der Waals surface area contributed by atoms with E-state index < -0.39 is 4.92 Å². The third-order valence-corrected chi connectivity index (χ3v) is 4.07. The van der Waals surface area contributed by atoms with Gasteiger partial charge in [-0.05, 0) is 37.8 Å². The number of rotatable bonds is 4. The van der Waals surface area contributed by atoms with E-state index in [1.165, 1.54) is 25.3 Å². The summed E-state index contributed by atoms with van der Waals surface area (Å²) >= 11 is 6.02. The van der Waals surface area contributed by atoms with Crippen molar-refractivity contribution in [3.63, 3.8) is 0 Å². The molecule has 0 heterocycles. The molecule has 2 rings (SSSR count). The summed E-state index contributed by atoms with van der Waals surface area (Å²) in [6.45, 7) is 0. The predicted octanol–water partition coefficient (Wildman–Crippen LogP) is 2.88. The van der Waals surface area contributed by atoms with Gasteiger partial charge in [-0.1, -0.05) is 0 Å². The summed E-state index contributed by atoms with van der Waals surface area (Å²) in [5.74, 6) is -0.169. The van der Waals surface area contributed by atoms with Crippen LogP contribution in [0.25, 0.3) is 0 Å². The van der Waals surface area contributed by atoms with E-state index in [2.05, 4.69) is 5.32 Å². The molecule has 1 aliphatic carbocycles. The number of carbonyl (C=O) groups excluding carboxylic acids is 1. The molecule has 0 aliphatic heterocycles. The summed E-state index contributed by atoms with van der Waals surface area (Å²) in [5, 5.41) is 14.0. The van der Waals surface area contributed by atoms with E-state index in [4.69, 9.17) is 16.3 Å². The number of nitro groups is 1. The van der Waals surface area contributed by atoms with Crippen LogP contribution >= 0.6 is 11.6 Å². The lowest BCUT2D eigenvalue weighted by Gasteiger charge is -2.25. The molecule has 1 saturated carbocycles. The van der Waals surface area contributed by atoms with Crippen LogP contribution < -0.4 is 10.1 Å². The molecule has 0 saturated heterocycles. The second-order valence-corrected chi connectivity index (χ2v) is 5.68. The second-order valence-electron chi connectivity index (χ2n) is 5.07. The number of nitrogens with zero attached hydrogens (tertiary/aromatic N) is 1. The minimum absolute atomic E-state index is 0.0775. The van der Waals surface area contributed by atoms with Gasteiger partial charge >= 0.3 is 5.69 Å². The number of benzene rings is 1. The van der Waals surface area contributed by atoms with E-state index in [0.29, 0.717) is 0 Å². The fourth-order valence-electron chi connectivity index (χ4n) is 2.44. The van der Waals surface area contributed by atoms with E-state index in [1.54, 1.807) is 0 Å². The van der Waals surface area contributed by atoms with Gasteiger partial charge in [-0.25, -0.2) is 0 Å². The number of ether oxygens (including phenoxy) is 1. The van der Waals surface area contributed by atoms with Gasteiger partial charge in [0.15, 0.2) is 5.75 Å². The number of nitrogens with one attached hydrogen (secondary N) is 1. The van der Waals surface area contributed by atoms with Gasteiger partial charge in [-0.15, -0.1) is 11.6 Å². The number of hydrogen-bond donors (Lipinski definition) is 1. The molecule has 0 aromatic heterocycles. The van der Waals surface area contributed by atoms with Crippen LogP contribution in [0, 0.1) is 10.1 Å². The Labute approximate surface area is 127 Å². The molecular formula is C14H17ClN2O4. The SMILES string of the molecule is COc1ccc(C(=O)NC2CCC(Cl)CC2)cc1[N+](=O)[O-]. The Morgan fingerprint density at radius 3 is 2.62 bits per heavy atom. The monoisotopic (exact) mass is 312 g/mol. The lowest BCUT2D eigenvalue weighted by Crippen LogP contribution is -2.37. The first-order valence-electron chi connectivity index (χ1n) is 6.78. The van der Waals surface area contributed by atoms with Crippen molar-refractivity contribution in [2.75, 3.05) is 7.11 Å². The van der Waals surface area contributed by atoms with Gasteiger partial charge in [0, 0.05) is 23.0 Å². The molecule has 7 heteroatoms. The summed E-state index contributed by atoms with van der Waals surface area (Å²) in [6.07, 6.45) is 3.40. The predicted molar refractivity (Wildman–Crippen MR) is 79.0 cm³/mol. The van der Waals surface area contributed by atoms with Crippen molar-refractivity contribution in [3.05, 3.63) is 33.9 Å². The highest BCUT2D eigenvalue weighted by Gasteiger charge is 2.23. The minimum Gasteiger partial charge on any atom is -0.490 e. The number of hydrogen-bond acceptors (Lipinski definition) is 4. The van der Waals surface area contributed by atoms with Crippen LogP contribution in [0.3, 0.4) is 0 Å². The lowest BCUT2D eigenvalue weighted by atomic mass is 9.95. The van der Waals surface area contributed by atoms with Crippen molar-refractivity contribution in [1.82, 2.24) is 5.32 Å². The Kier molecular flexibility index (Phi) is 5.01. The van der Waals surface area contributed by atoms with Crippen molar-refractivity contribution >= 4 is 23.2 Å². The van der Waals surface area contributed by atoms with Crippen LogP contribution in [-0.2, 0) is 0 Å². The Bertz CT molecular complexity index is 542. The maximum Gasteiger partial charge on any atom is 0.311 e. The first-order valence-corrected chi connectivity index (χ1v) is 7.22. The summed E-state index contributed by atoms with van der Waals surface area (Å²) in [4.78, 5) is 22.6.